The minimum atomic E-state index is 0.352. The molecule has 0 aliphatic rings. The molecule has 0 spiro atoms. The number of hydrogen-bond donors (Lipinski definition) is 0. The van der Waals surface area contributed by atoms with Gasteiger partial charge in [0, 0.05) is 15.6 Å². The second-order valence-electron chi connectivity index (χ2n) is 3.82. The highest BCUT2D eigenvalue weighted by molar-refractivity contribution is 9.10. The molecule has 5 heteroatoms. The van der Waals surface area contributed by atoms with Crippen LogP contribution in [0.2, 0.25) is 10.0 Å². The van der Waals surface area contributed by atoms with Crippen molar-refractivity contribution in [1.82, 2.24) is 0 Å². The van der Waals surface area contributed by atoms with Crippen LogP contribution in [0.5, 0.6) is 11.5 Å². The lowest BCUT2D eigenvalue weighted by molar-refractivity contribution is 0.303. The smallest absolute Gasteiger partial charge is 0.134 e. The Labute approximate surface area is 130 Å². The lowest BCUT2D eigenvalue weighted by Crippen LogP contribution is -1.97. The van der Waals surface area contributed by atoms with Crippen molar-refractivity contribution in [2.24, 2.45) is 0 Å². The Morgan fingerprint density at radius 1 is 1.11 bits per heavy atom. The Kier molecular flexibility index (Phi) is 4.97. The van der Waals surface area contributed by atoms with Gasteiger partial charge in [-0.1, -0.05) is 23.2 Å². The van der Waals surface area contributed by atoms with E-state index in [1.165, 1.54) is 0 Å². The molecule has 0 aromatic heterocycles. The maximum Gasteiger partial charge on any atom is 0.134 e. The lowest BCUT2D eigenvalue weighted by Gasteiger charge is -2.10. The zero-order valence-electron chi connectivity index (χ0n) is 10.1. The molecule has 2 aromatic carbocycles. The molecule has 100 valence electrons. The molecule has 0 aliphatic carbocycles. The van der Waals surface area contributed by atoms with Crippen molar-refractivity contribution in [3.05, 3.63) is 56.5 Å². The standard InChI is InChI=1S/C14H11BrCl2O2/c1-18-11-3-5-14(12(15)7-11)19-8-9-6-10(16)2-4-13(9)17/h2-7H,8H2,1H3. The molecule has 19 heavy (non-hydrogen) atoms. The third kappa shape index (κ3) is 3.78. The van der Waals surface area contributed by atoms with Crippen molar-refractivity contribution < 1.29 is 9.47 Å². The average Bonchev–Trinajstić information content (AvgIpc) is 2.40. The van der Waals surface area contributed by atoms with Crippen LogP contribution in [-0.4, -0.2) is 7.11 Å². The topological polar surface area (TPSA) is 18.5 Å². The second kappa shape index (κ2) is 6.51. The Hall–Kier alpha value is -0.900. The molecule has 0 saturated heterocycles. The van der Waals surface area contributed by atoms with Gasteiger partial charge in [-0.2, -0.15) is 0 Å². The summed E-state index contributed by atoms with van der Waals surface area (Å²) in [6.45, 7) is 0.352. The number of ether oxygens (including phenoxy) is 2. The molecule has 0 bridgehead atoms. The molecule has 0 unspecified atom stereocenters. The summed E-state index contributed by atoms with van der Waals surface area (Å²) in [6.07, 6.45) is 0. The van der Waals surface area contributed by atoms with Crippen LogP contribution in [0.1, 0.15) is 5.56 Å². The van der Waals surface area contributed by atoms with Crippen LogP contribution in [0, 0.1) is 0 Å². The first kappa shape index (κ1) is 14.5. The molecule has 0 N–H and O–H groups in total. The Bertz CT molecular complexity index is 588. The Morgan fingerprint density at radius 2 is 1.89 bits per heavy atom. The molecule has 0 heterocycles. The zero-order valence-corrected chi connectivity index (χ0v) is 13.2. The number of halogens is 3. The van der Waals surface area contributed by atoms with Gasteiger partial charge in [0.25, 0.3) is 0 Å². The number of hydrogen-bond acceptors (Lipinski definition) is 2. The molecule has 0 aliphatic heterocycles. The quantitative estimate of drug-likeness (QED) is 0.731. The second-order valence-corrected chi connectivity index (χ2v) is 5.52. The zero-order chi connectivity index (χ0) is 13.8. The van der Waals surface area contributed by atoms with Crippen molar-refractivity contribution in [3.63, 3.8) is 0 Å². The summed E-state index contributed by atoms with van der Waals surface area (Å²) in [5.74, 6) is 1.48. The van der Waals surface area contributed by atoms with Gasteiger partial charge < -0.3 is 9.47 Å². The van der Waals surface area contributed by atoms with Gasteiger partial charge in [-0.25, -0.2) is 0 Å². The van der Waals surface area contributed by atoms with Gasteiger partial charge in [0.1, 0.15) is 18.1 Å². The number of methoxy groups -OCH3 is 1. The van der Waals surface area contributed by atoms with Gasteiger partial charge in [-0.05, 0) is 52.3 Å². The van der Waals surface area contributed by atoms with Crippen molar-refractivity contribution >= 4 is 39.1 Å². The van der Waals surface area contributed by atoms with E-state index in [9.17, 15) is 0 Å². The number of benzene rings is 2. The lowest BCUT2D eigenvalue weighted by atomic mass is 10.2. The first-order valence-corrected chi connectivity index (χ1v) is 7.05. The first-order chi connectivity index (χ1) is 9.10. The van der Waals surface area contributed by atoms with Gasteiger partial charge in [-0.15, -0.1) is 0 Å². The first-order valence-electron chi connectivity index (χ1n) is 5.50. The van der Waals surface area contributed by atoms with Crippen molar-refractivity contribution in [3.8, 4) is 11.5 Å². The Balaban J connectivity index is 2.12. The molecule has 2 aromatic rings. The fourth-order valence-corrected chi connectivity index (χ4v) is 2.37. The summed E-state index contributed by atoms with van der Waals surface area (Å²) in [7, 11) is 1.62. The highest BCUT2D eigenvalue weighted by Gasteiger charge is 2.06. The van der Waals surface area contributed by atoms with E-state index in [2.05, 4.69) is 15.9 Å². The summed E-state index contributed by atoms with van der Waals surface area (Å²) >= 11 is 15.4. The van der Waals surface area contributed by atoms with E-state index < -0.39 is 0 Å². The summed E-state index contributed by atoms with van der Waals surface area (Å²) < 4.78 is 11.7. The molecule has 0 fully saturated rings. The fourth-order valence-electron chi connectivity index (χ4n) is 1.54. The van der Waals surface area contributed by atoms with Crippen LogP contribution in [0.4, 0.5) is 0 Å². The minimum absolute atomic E-state index is 0.352. The van der Waals surface area contributed by atoms with E-state index in [4.69, 9.17) is 32.7 Å². The van der Waals surface area contributed by atoms with E-state index in [0.29, 0.717) is 16.7 Å². The van der Waals surface area contributed by atoms with Crippen molar-refractivity contribution in [2.75, 3.05) is 7.11 Å². The van der Waals surface area contributed by atoms with Crippen LogP contribution < -0.4 is 9.47 Å². The van der Waals surface area contributed by atoms with Gasteiger partial charge in [0.15, 0.2) is 0 Å². The predicted octanol–water partition coefficient (Wildman–Crippen LogP) is 5.34. The summed E-state index contributed by atoms with van der Waals surface area (Å²) in [5.41, 5.74) is 0.844. The van der Waals surface area contributed by atoms with Crippen LogP contribution in [0.3, 0.4) is 0 Å². The minimum Gasteiger partial charge on any atom is -0.497 e. The molecular weight excluding hydrogens is 351 g/mol. The highest BCUT2D eigenvalue weighted by atomic mass is 79.9. The molecular formula is C14H11BrCl2O2. The average molecular weight is 362 g/mol. The molecule has 0 saturated carbocycles. The molecule has 2 nitrogen and oxygen atoms in total. The molecule has 0 atom stereocenters. The van der Waals surface area contributed by atoms with E-state index in [-0.39, 0.29) is 0 Å². The third-order valence-electron chi connectivity index (χ3n) is 2.53. The normalized spacial score (nSPS) is 10.3. The van der Waals surface area contributed by atoms with Crippen molar-refractivity contribution in [2.45, 2.75) is 6.61 Å². The van der Waals surface area contributed by atoms with Crippen LogP contribution in [0.15, 0.2) is 40.9 Å². The molecule has 0 amide bonds. The van der Waals surface area contributed by atoms with Gasteiger partial charge >= 0.3 is 0 Å². The van der Waals surface area contributed by atoms with E-state index in [1.54, 1.807) is 25.3 Å². The fraction of sp³-hybridized carbons (Fsp3) is 0.143. The van der Waals surface area contributed by atoms with Gasteiger partial charge in [0.05, 0.1) is 11.6 Å². The summed E-state index contributed by atoms with van der Waals surface area (Å²) in [6, 6.07) is 10.8. The predicted molar refractivity (Wildman–Crippen MR) is 81.5 cm³/mol. The maximum absolute atomic E-state index is 6.08. The van der Waals surface area contributed by atoms with Crippen LogP contribution >= 0.6 is 39.1 Å². The van der Waals surface area contributed by atoms with Crippen molar-refractivity contribution in [1.29, 1.82) is 0 Å². The SMILES string of the molecule is COc1ccc(OCc2cc(Cl)ccc2Cl)c(Br)c1. The third-order valence-corrected chi connectivity index (χ3v) is 3.75. The van der Waals surface area contributed by atoms with Crippen LogP contribution in [0.25, 0.3) is 0 Å². The summed E-state index contributed by atoms with van der Waals surface area (Å²) in [5, 5.41) is 1.27. The molecule has 2 rings (SSSR count). The monoisotopic (exact) mass is 360 g/mol. The number of rotatable bonds is 4. The van der Waals surface area contributed by atoms with Crippen LogP contribution in [-0.2, 0) is 6.61 Å². The van der Waals surface area contributed by atoms with E-state index in [0.717, 1.165) is 21.5 Å². The largest absolute Gasteiger partial charge is 0.497 e. The molecule has 0 radical (unpaired) electrons. The van der Waals surface area contributed by atoms with Gasteiger partial charge in [-0.3, -0.25) is 0 Å². The Morgan fingerprint density at radius 3 is 2.58 bits per heavy atom. The van der Waals surface area contributed by atoms with E-state index >= 15 is 0 Å². The van der Waals surface area contributed by atoms with E-state index in [1.807, 2.05) is 18.2 Å². The van der Waals surface area contributed by atoms with Gasteiger partial charge in [0.2, 0.25) is 0 Å². The highest BCUT2D eigenvalue weighted by Crippen LogP contribution is 2.30. The summed E-state index contributed by atoms with van der Waals surface area (Å²) in [4.78, 5) is 0. The maximum atomic E-state index is 6.08.